The molecule has 142 valence electrons. The zero-order valence-corrected chi connectivity index (χ0v) is 15.7. The maximum Gasteiger partial charge on any atom is 0.253 e. The number of nitrogens with one attached hydrogen (secondary N) is 1. The number of carbonyl (C=O) groups is 1. The molecule has 2 aromatic carbocycles. The maximum absolute atomic E-state index is 13.2. The van der Waals surface area contributed by atoms with Crippen LogP contribution in [0, 0.1) is 5.82 Å². The fourth-order valence-electron chi connectivity index (χ4n) is 2.44. The first-order valence-electron chi connectivity index (χ1n) is 8.87. The standard InChI is InChI=1S/C22H25FN2O2/c1-3-4-11-21(16(2)24)22(26)25-14-17-7-6-10-20(13-17)27-15-18-8-5-9-19(23)12-18/h4-13H,3,14-15,24H2,1-2H3,(H,25,26)/b11-4-,21-16-. The Hall–Kier alpha value is -3.08. The lowest BCUT2D eigenvalue weighted by Crippen LogP contribution is -2.25. The van der Waals surface area contributed by atoms with E-state index in [0.29, 0.717) is 23.6 Å². The molecule has 0 fully saturated rings. The molecule has 4 nitrogen and oxygen atoms in total. The second-order valence-corrected chi connectivity index (χ2v) is 6.16. The molecule has 2 aromatic rings. The van der Waals surface area contributed by atoms with Gasteiger partial charge in [0.15, 0.2) is 0 Å². The van der Waals surface area contributed by atoms with E-state index in [1.165, 1.54) is 12.1 Å². The van der Waals surface area contributed by atoms with Crippen LogP contribution in [-0.4, -0.2) is 5.91 Å². The number of amides is 1. The van der Waals surface area contributed by atoms with Crippen LogP contribution in [0.4, 0.5) is 4.39 Å². The highest BCUT2D eigenvalue weighted by atomic mass is 19.1. The van der Waals surface area contributed by atoms with E-state index in [2.05, 4.69) is 5.32 Å². The van der Waals surface area contributed by atoms with Crippen molar-refractivity contribution < 1.29 is 13.9 Å². The van der Waals surface area contributed by atoms with E-state index in [1.54, 1.807) is 25.1 Å². The summed E-state index contributed by atoms with van der Waals surface area (Å²) in [4.78, 5) is 12.3. The van der Waals surface area contributed by atoms with Crippen molar-refractivity contribution in [3.8, 4) is 5.75 Å². The van der Waals surface area contributed by atoms with E-state index in [0.717, 1.165) is 17.5 Å². The smallest absolute Gasteiger partial charge is 0.253 e. The Morgan fingerprint density at radius 1 is 1.19 bits per heavy atom. The van der Waals surface area contributed by atoms with Crippen LogP contribution in [0.15, 0.2) is 72.0 Å². The SMILES string of the molecule is CC/C=C\C(C(=O)NCc1cccc(OCc2cccc(F)c2)c1)=C(/C)N. The molecule has 0 aliphatic rings. The topological polar surface area (TPSA) is 64.3 Å². The number of hydrogen-bond acceptors (Lipinski definition) is 3. The summed E-state index contributed by atoms with van der Waals surface area (Å²) in [5, 5.41) is 2.86. The fraction of sp³-hybridized carbons (Fsp3) is 0.227. The van der Waals surface area contributed by atoms with Crippen LogP contribution in [0.1, 0.15) is 31.4 Å². The van der Waals surface area contributed by atoms with Gasteiger partial charge >= 0.3 is 0 Å². The number of carbonyl (C=O) groups excluding carboxylic acids is 1. The molecule has 1 amide bonds. The van der Waals surface area contributed by atoms with Crippen LogP contribution in [0.2, 0.25) is 0 Å². The molecule has 27 heavy (non-hydrogen) atoms. The first-order valence-corrected chi connectivity index (χ1v) is 8.87. The number of benzene rings is 2. The molecule has 0 unspecified atom stereocenters. The highest BCUT2D eigenvalue weighted by Crippen LogP contribution is 2.16. The normalized spacial score (nSPS) is 12.0. The summed E-state index contributed by atoms with van der Waals surface area (Å²) in [5.41, 5.74) is 8.39. The minimum atomic E-state index is -0.288. The molecule has 0 saturated carbocycles. The van der Waals surface area contributed by atoms with Crippen LogP contribution in [0.3, 0.4) is 0 Å². The second-order valence-electron chi connectivity index (χ2n) is 6.16. The summed E-state index contributed by atoms with van der Waals surface area (Å²) in [5.74, 6) is 0.150. The minimum Gasteiger partial charge on any atom is -0.489 e. The molecule has 0 spiro atoms. The third-order valence-electron chi connectivity index (χ3n) is 3.84. The van der Waals surface area contributed by atoms with E-state index >= 15 is 0 Å². The number of hydrogen-bond donors (Lipinski definition) is 2. The van der Waals surface area contributed by atoms with E-state index in [1.807, 2.05) is 37.3 Å². The Bertz CT molecular complexity index is 840. The lowest BCUT2D eigenvalue weighted by molar-refractivity contribution is -0.117. The molecular formula is C22H25FN2O2. The van der Waals surface area contributed by atoms with Gasteiger partial charge in [-0.05, 0) is 48.7 Å². The number of allylic oxidation sites excluding steroid dienone is 2. The predicted molar refractivity (Wildman–Crippen MR) is 105 cm³/mol. The minimum absolute atomic E-state index is 0.217. The van der Waals surface area contributed by atoms with Gasteiger partial charge in [0.1, 0.15) is 18.2 Å². The van der Waals surface area contributed by atoms with Crippen molar-refractivity contribution in [2.24, 2.45) is 5.73 Å². The van der Waals surface area contributed by atoms with Gasteiger partial charge in [-0.1, -0.05) is 43.3 Å². The molecule has 0 aliphatic carbocycles. The van der Waals surface area contributed by atoms with Crippen molar-refractivity contribution in [1.29, 1.82) is 0 Å². The van der Waals surface area contributed by atoms with Crippen molar-refractivity contribution in [2.75, 3.05) is 0 Å². The quantitative estimate of drug-likeness (QED) is 0.542. The van der Waals surface area contributed by atoms with Crippen molar-refractivity contribution >= 4 is 5.91 Å². The summed E-state index contributed by atoms with van der Waals surface area (Å²) in [6.07, 6.45) is 4.46. The molecule has 5 heteroatoms. The molecule has 0 radical (unpaired) electrons. The first kappa shape index (κ1) is 20.2. The van der Waals surface area contributed by atoms with Crippen molar-refractivity contribution in [3.63, 3.8) is 0 Å². The van der Waals surface area contributed by atoms with E-state index in [4.69, 9.17) is 10.5 Å². The van der Waals surface area contributed by atoms with Crippen LogP contribution < -0.4 is 15.8 Å². The molecule has 0 aromatic heterocycles. The summed E-state index contributed by atoms with van der Waals surface area (Å²) in [7, 11) is 0. The summed E-state index contributed by atoms with van der Waals surface area (Å²) < 4.78 is 18.9. The van der Waals surface area contributed by atoms with Crippen molar-refractivity contribution in [3.05, 3.63) is 88.9 Å². The van der Waals surface area contributed by atoms with Gasteiger partial charge < -0.3 is 15.8 Å². The highest BCUT2D eigenvalue weighted by molar-refractivity contribution is 5.96. The summed E-state index contributed by atoms with van der Waals surface area (Å²) in [6.45, 7) is 4.32. The van der Waals surface area contributed by atoms with Gasteiger partial charge in [0.25, 0.3) is 5.91 Å². The Labute approximate surface area is 159 Å². The zero-order valence-electron chi connectivity index (χ0n) is 15.7. The lowest BCUT2D eigenvalue weighted by atomic mass is 10.1. The molecule has 0 bridgehead atoms. The van der Waals surface area contributed by atoms with Gasteiger partial charge in [-0.3, -0.25) is 4.79 Å². The van der Waals surface area contributed by atoms with Gasteiger partial charge in [-0.15, -0.1) is 0 Å². The molecule has 0 heterocycles. The Morgan fingerprint density at radius 2 is 1.93 bits per heavy atom. The van der Waals surface area contributed by atoms with E-state index in [-0.39, 0.29) is 18.3 Å². The van der Waals surface area contributed by atoms with Crippen molar-refractivity contribution in [1.82, 2.24) is 5.32 Å². The zero-order chi connectivity index (χ0) is 19.6. The molecule has 0 atom stereocenters. The number of rotatable bonds is 8. The lowest BCUT2D eigenvalue weighted by Gasteiger charge is -2.10. The summed E-state index contributed by atoms with van der Waals surface area (Å²) in [6, 6.07) is 13.7. The third-order valence-corrected chi connectivity index (χ3v) is 3.84. The average molecular weight is 368 g/mol. The third kappa shape index (κ3) is 6.62. The highest BCUT2D eigenvalue weighted by Gasteiger charge is 2.08. The van der Waals surface area contributed by atoms with Gasteiger partial charge in [-0.2, -0.15) is 0 Å². The number of nitrogens with two attached hydrogens (primary N) is 1. The predicted octanol–water partition coefficient (Wildman–Crippen LogP) is 4.22. The van der Waals surface area contributed by atoms with E-state index in [9.17, 15) is 9.18 Å². The van der Waals surface area contributed by atoms with Crippen LogP contribution in [0.5, 0.6) is 5.75 Å². The second kappa shape index (κ2) is 10.2. The summed E-state index contributed by atoms with van der Waals surface area (Å²) >= 11 is 0. The fourth-order valence-corrected chi connectivity index (χ4v) is 2.44. The Kier molecular flexibility index (Phi) is 7.62. The van der Waals surface area contributed by atoms with Crippen LogP contribution >= 0.6 is 0 Å². The first-order chi connectivity index (χ1) is 13.0. The maximum atomic E-state index is 13.2. The number of ether oxygens (including phenoxy) is 1. The Balaban J connectivity index is 1.96. The van der Waals surface area contributed by atoms with E-state index < -0.39 is 0 Å². The van der Waals surface area contributed by atoms with Crippen molar-refractivity contribution in [2.45, 2.75) is 33.4 Å². The van der Waals surface area contributed by atoms with Crippen LogP contribution in [0.25, 0.3) is 0 Å². The molecule has 0 saturated heterocycles. The molecule has 3 N–H and O–H groups in total. The van der Waals surface area contributed by atoms with Gasteiger partial charge in [0.2, 0.25) is 0 Å². The molecular weight excluding hydrogens is 343 g/mol. The van der Waals surface area contributed by atoms with Gasteiger partial charge in [0.05, 0.1) is 5.57 Å². The number of halogens is 1. The largest absolute Gasteiger partial charge is 0.489 e. The molecule has 0 aliphatic heterocycles. The van der Waals surface area contributed by atoms with Crippen LogP contribution in [-0.2, 0) is 17.9 Å². The monoisotopic (exact) mass is 368 g/mol. The van der Waals surface area contributed by atoms with Gasteiger partial charge in [-0.25, -0.2) is 4.39 Å². The Morgan fingerprint density at radius 3 is 2.63 bits per heavy atom. The molecule has 2 rings (SSSR count). The average Bonchev–Trinajstić information content (AvgIpc) is 2.65. The van der Waals surface area contributed by atoms with Gasteiger partial charge in [0, 0.05) is 12.2 Å².